The number of nitrogens with one attached hydrogen (secondary N) is 2. The zero-order chi connectivity index (χ0) is 18.4. The quantitative estimate of drug-likeness (QED) is 0.525. The molecule has 2 aromatic heterocycles. The summed E-state index contributed by atoms with van der Waals surface area (Å²) in [6.45, 7) is 5.92. The Kier molecular flexibility index (Phi) is 5.73. The van der Waals surface area contributed by atoms with Crippen molar-refractivity contribution in [1.82, 2.24) is 15.6 Å². The molecule has 6 heteroatoms. The van der Waals surface area contributed by atoms with Crippen LogP contribution in [0.3, 0.4) is 0 Å². The number of methoxy groups -OCH3 is 1. The first-order valence-corrected chi connectivity index (χ1v) is 8.70. The van der Waals surface area contributed by atoms with Gasteiger partial charge in [0.2, 0.25) is 5.88 Å². The summed E-state index contributed by atoms with van der Waals surface area (Å²) >= 11 is 0. The Morgan fingerprint density at radius 2 is 2.00 bits per heavy atom. The molecular formula is C20H24N4O2. The van der Waals surface area contributed by atoms with E-state index in [1.165, 1.54) is 0 Å². The molecule has 2 heterocycles. The molecule has 136 valence electrons. The Labute approximate surface area is 153 Å². The molecular weight excluding hydrogens is 328 g/mol. The lowest BCUT2D eigenvalue weighted by molar-refractivity contribution is 0.396. The van der Waals surface area contributed by atoms with Crippen LogP contribution < -0.4 is 15.4 Å². The molecule has 0 aliphatic carbocycles. The first kappa shape index (κ1) is 17.8. The highest BCUT2D eigenvalue weighted by Gasteiger charge is 2.10. The predicted octanol–water partition coefficient (Wildman–Crippen LogP) is 3.40. The fraction of sp³-hybridized carbons (Fsp3) is 0.300. The summed E-state index contributed by atoms with van der Waals surface area (Å²) in [7, 11) is 1.61. The average molecular weight is 352 g/mol. The fourth-order valence-electron chi connectivity index (χ4n) is 2.72. The number of pyridine rings is 1. The Balaban J connectivity index is 1.70. The smallest absolute Gasteiger partial charge is 0.213 e. The second-order valence-corrected chi connectivity index (χ2v) is 5.87. The van der Waals surface area contributed by atoms with Crippen LogP contribution in [0.2, 0.25) is 0 Å². The van der Waals surface area contributed by atoms with Gasteiger partial charge in [-0.3, -0.25) is 0 Å². The summed E-state index contributed by atoms with van der Waals surface area (Å²) < 4.78 is 11.1. The van der Waals surface area contributed by atoms with Gasteiger partial charge in [0.1, 0.15) is 11.3 Å². The summed E-state index contributed by atoms with van der Waals surface area (Å²) in [5.74, 6) is 2.22. The number of benzene rings is 1. The molecule has 3 aromatic rings. The lowest BCUT2D eigenvalue weighted by Crippen LogP contribution is -2.36. The van der Waals surface area contributed by atoms with Crippen molar-refractivity contribution in [1.29, 1.82) is 0 Å². The van der Waals surface area contributed by atoms with Gasteiger partial charge in [0.15, 0.2) is 5.96 Å². The standard InChI is InChI=1S/C20H24N4O2/c1-4-21-20(22-12-15-8-7-11-19(24-15)25-3)23-13-18-14(2)16-9-5-6-10-17(16)26-18/h5-11H,4,12-13H2,1-3H3,(H2,21,22,23). The van der Waals surface area contributed by atoms with Crippen LogP contribution in [-0.4, -0.2) is 24.6 Å². The van der Waals surface area contributed by atoms with Gasteiger partial charge in [-0.15, -0.1) is 0 Å². The molecule has 3 rings (SSSR count). The molecule has 0 spiro atoms. The van der Waals surface area contributed by atoms with E-state index >= 15 is 0 Å². The van der Waals surface area contributed by atoms with Gasteiger partial charge in [-0.1, -0.05) is 24.3 Å². The topological polar surface area (TPSA) is 71.7 Å². The van der Waals surface area contributed by atoms with Gasteiger partial charge in [-0.2, -0.15) is 0 Å². The molecule has 0 fully saturated rings. The number of hydrogen-bond donors (Lipinski definition) is 2. The second-order valence-electron chi connectivity index (χ2n) is 5.87. The van der Waals surface area contributed by atoms with E-state index in [0.29, 0.717) is 19.0 Å². The van der Waals surface area contributed by atoms with E-state index in [0.717, 1.165) is 40.5 Å². The maximum Gasteiger partial charge on any atom is 0.213 e. The minimum absolute atomic E-state index is 0.464. The van der Waals surface area contributed by atoms with Gasteiger partial charge in [0.25, 0.3) is 0 Å². The molecule has 2 N–H and O–H groups in total. The highest BCUT2D eigenvalue weighted by Crippen LogP contribution is 2.24. The van der Waals surface area contributed by atoms with Crippen LogP contribution in [0.5, 0.6) is 5.88 Å². The number of para-hydroxylation sites is 1. The number of guanidine groups is 1. The average Bonchev–Trinajstić information content (AvgIpc) is 3.00. The van der Waals surface area contributed by atoms with Gasteiger partial charge in [-0.25, -0.2) is 9.98 Å². The number of aliphatic imine (C=N–C) groups is 1. The molecule has 0 bridgehead atoms. The van der Waals surface area contributed by atoms with Crippen LogP contribution in [0.1, 0.15) is 23.9 Å². The van der Waals surface area contributed by atoms with E-state index in [2.05, 4.69) is 33.6 Å². The molecule has 0 aliphatic heterocycles. The van der Waals surface area contributed by atoms with Crippen LogP contribution in [-0.2, 0) is 13.1 Å². The minimum Gasteiger partial charge on any atom is -0.481 e. The molecule has 26 heavy (non-hydrogen) atoms. The minimum atomic E-state index is 0.464. The highest BCUT2D eigenvalue weighted by atomic mass is 16.5. The monoisotopic (exact) mass is 352 g/mol. The van der Waals surface area contributed by atoms with E-state index in [1.807, 2.05) is 43.3 Å². The fourth-order valence-corrected chi connectivity index (χ4v) is 2.72. The Morgan fingerprint density at radius 3 is 2.77 bits per heavy atom. The van der Waals surface area contributed by atoms with Crippen LogP contribution in [0.15, 0.2) is 51.9 Å². The van der Waals surface area contributed by atoms with E-state index < -0.39 is 0 Å². The number of aromatic nitrogens is 1. The predicted molar refractivity (Wildman–Crippen MR) is 103 cm³/mol. The Bertz CT molecular complexity index is 902. The van der Waals surface area contributed by atoms with E-state index in [9.17, 15) is 0 Å². The number of rotatable bonds is 6. The molecule has 0 saturated heterocycles. The van der Waals surface area contributed by atoms with Crippen LogP contribution in [0.25, 0.3) is 11.0 Å². The van der Waals surface area contributed by atoms with Crippen molar-refractivity contribution in [3.05, 3.63) is 59.5 Å². The van der Waals surface area contributed by atoms with Gasteiger partial charge in [0, 0.05) is 23.6 Å². The summed E-state index contributed by atoms with van der Waals surface area (Å²) in [4.78, 5) is 8.97. The van der Waals surface area contributed by atoms with E-state index in [1.54, 1.807) is 7.11 Å². The highest BCUT2D eigenvalue weighted by molar-refractivity contribution is 5.83. The summed E-state index contributed by atoms with van der Waals surface area (Å²) in [5, 5.41) is 7.71. The van der Waals surface area contributed by atoms with Gasteiger partial charge in [-0.05, 0) is 26.0 Å². The SMILES string of the molecule is CCNC(=NCc1cccc(OC)n1)NCc1oc2ccccc2c1C. The molecule has 0 radical (unpaired) electrons. The second kappa shape index (κ2) is 8.38. The first-order chi connectivity index (χ1) is 12.7. The first-order valence-electron chi connectivity index (χ1n) is 8.70. The number of ether oxygens (including phenoxy) is 1. The molecule has 0 saturated carbocycles. The van der Waals surface area contributed by atoms with Gasteiger partial charge >= 0.3 is 0 Å². The Hall–Kier alpha value is -3.02. The maximum absolute atomic E-state index is 5.95. The van der Waals surface area contributed by atoms with Crippen molar-refractivity contribution < 1.29 is 9.15 Å². The molecule has 1 aromatic carbocycles. The third-order valence-corrected chi connectivity index (χ3v) is 4.09. The Morgan fingerprint density at radius 1 is 1.15 bits per heavy atom. The number of nitrogens with zero attached hydrogens (tertiary/aromatic N) is 2. The zero-order valence-electron chi connectivity index (χ0n) is 15.4. The molecule has 0 amide bonds. The number of fused-ring (bicyclic) bond motifs is 1. The summed E-state index contributed by atoms with van der Waals surface area (Å²) in [6, 6.07) is 13.7. The molecule has 0 unspecified atom stereocenters. The normalized spacial score (nSPS) is 11.6. The van der Waals surface area contributed by atoms with Crippen molar-refractivity contribution in [2.45, 2.75) is 26.9 Å². The number of hydrogen-bond acceptors (Lipinski definition) is 4. The van der Waals surface area contributed by atoms with Crippen LogP contribution in [0.4, 0.5) is 0 Å². The van der Waals surface area contributed by atoms with E-state index in [4.69, 9.17) is 9.15 Å². The number of aryl methyl sites for hydroxylation is 1. The van der Waals surface area contributed by atoms with Gasteiger partial charge in [0.05, 0.1) is 25.9 Å². The zero-order valence-corrected chi connectivity index (χ0v) is 15.4. The van der Waals surface area contributed by atoms with E-state index in [-0.39, 0.29) is 0 Å². The van der Waals surface area contributed by atoms with Crippen molar-refractivity contribution in [2.24, 2.45) is 4.99 Å². The lowest BCUT2D eigenvalue weighted by atomic mass is 10.1. The van der Waals surface area contributed by atoms with Crippen molar-refractivity contribution >= 4 is 16.9 Å². The van der Waals surface area contributed by atoms with Crippen LogP contribution in [0, 0.1) is 6.92 Å². The van der Waals surface area contributed by atoms with Crippen LogP contribution >= 0.6 is 0 Å². The number of furan rings is 1. The largest absolute Gasteiger partial charge is 0.481 e. The molecule has 6 nitrogen and oxygen atoms in total. The third-order valence-electron chi connectivity index (χ3n) is 4.09. The summed E-state index contributed by atoms with van der Waals surface area (Å²) in [5.41, 5.74) is 2.91. The van der Waals surface area contributed by atoms with Gasteiger partial charge < -0.3 is 19.8 Å². The van der Waals surface area contributed by atoms with Crippen molar-refractivity contribution in [2.75, 3.05) is 13.7 Å². The molecule has 0 atom stereocenters. The third kappa shape index (κ3) is 4.14. The summed E-state index contributed by atoms with van der Waals surface area (Å²) in [6.07, 6.45) is 0. The lowest BCUT2D eigenvalue weighted by Gasteiger charge is -2.10. The van der Waals surface area contributed by atoms with Crippen molar-refractivity contribution in [3.63, 3.8) is 0 Å². The maximum atomic E-state index is 5.95. The molecule has 0 aliphatic rings. The van der Waals surface area contributed by atoms with Crippen molar-refractivity contribution in [3.8, 4) is 5.88 Å².